The van der Waals surface area contributed by atoms with Crippen molar-refractivity contribution in [2.75, 3.05) is 11.0 Å². The number of fused-ring (bicyclic) bond motifs is 1. The molecule has 0 heterocycles. The zero-order chi connectivity index (χ0) is 30.3. The third kappa shape index (κ3) is 6.27. The fourth-order valence-corrected chi connectivity index (χ4v) is 6.41. The summed E-state index contributed by atoms with van der Waals surface area (Å²) in [6, 6.07) is 11.5. The van der Waals surface area contributed by atoms with Crippen molar-refractivity contribution in [3.8, 4) is 5.75 Å². The molecule has 0 unspecified atom stereocenters. The Morgan fingerprint density at radius 1 is 0.902 bits per heavy atom. The minimum atomic E-state index is -5.21. The third-order valence-electron chi connectivity index (χ3n) is 5.53. The van der Waals surface area contributed by atoms with E-state index in [1.54, 1.807) is 0 Å². The van der Waals surface area contributed by atoms with Gasteiger partial charge in [0.15, 0.2) is 9.84 Å². The van der Waals surface area contributed by atoms with E-state index in [0.29, 0.717) is 6.07 Å². The number of aromatic hydroxyl groups is 1. The van der Waals surface area contributed by atoms with Gasteiger partial charge in [-0.25, -0.2) is 16.8 Å². The molecule has 214 valence electrons. The van der Waals surface area contributed by atoms with Gasteiger partial charge in [-0.15, -0.1) is 14.1 Å². The van der Waals surface area contributed by atoms with Gasteiger partial charge in [0.25, 0.3) is 15.7 Å². The minimum absolute atomic E-state index is 0.00114. The molecule has 4 aromatic rings. The van der Waals surface area contributed by atoms with Gasteiger partial charge in [0, 0.05) is 29.2 Å². The summed E-state index contributed by atoms with van der Waals surface area (Å²) in [7, 11) is -13.8. The molecule has 0 bridgehead atoms. The molecule has 0 aliphatic rings. The summed E-state index contributed by atoms with van der Waals surface area (Å²) in [5, 5.41) is 29.3. The Kier molecular flexibility index (Phi) is 7.74. The van der Waals surface area contributed by atoms with Crippen LogP contribution in [0.4, 0.5) is 26.6 Å². The number of azo groups is 1. The molecule has 13 nitrogen and oxygen atoms in total. The first-order chi connectivity index (χ1) is 19.0. The maximum atomic E-state index is 13.5. The number of halogens is 2. The number of phenols is 1. The van der Waals surface area contributed by atoms with Gasteiger partial charge in [0.2, 0.25) is 0 Å². The van der Waals surface area contributed by atoms with Crippen molar-refractivity contribution in [3.05, 3.63) is 81.9 Å². The number of phenolic OH excluding ortho intramolecular Hbond substituents is 1. The van der Waals surface area contributed by atoms with Crippen LogP contribution in [-0.2, 0) is 30.1 Å². The first-order valence-electron chi connectivity index (χ1n) is 10.9. The van der Waals surface area contributed by atoms with E-state index >= 15 is 0 Å². The Hall–Kier alpha value is -4.19. The van der Waals surface area contributed by atoms with Gasteiger partial charge in [0.05, 0.1) is 31.1 Å². The second-order valence-corrected chi connectivity index (χ2v) is 13.8. The number of hydrogen-bond acceptors (Lipinski definition) is 11. The number of sulfonamides is 1. The standard InChI is InChI=1S/C23H16ClFN4O9S3/c1-39(33,34)21-10-13(29(31)32)8-9-18(21)26-27-20-12-17(24)23(30)16-6-3-7-19(22(16)20)28-41(37,38)15-5-2-4-14(11-15)40(25,35)36/h2-12,28,30H,1H3/b27-26+. The second kappa shape index (κ2) is 10.7. The van der Waals surface area contributed by atoms with Crippen LogP contribution in [0.1, 0.15) is 0 Å². The number of hydrogen-bond donors (Lipinski definition) is 2. The zero-order valence-corrected chi connectivity index (χ0v) is 23.6. The minimum Gasteiger partial charge on any atom is -0.506 e. The number of nitrogens with one attached hydrogen (secondary N) is 1. The number of non-ortho nitro benzene ring substituents is 1. The number of sulfone groups is 1. The smallest absolute Gasteiger partial charge is 0.332 e. The molecule has 4 aromatic carbocycles. The van der Waals surface area contributed by atoms with E-state index in [2.05, 4.69) is 15.0 Å². The Morgan fingerprint density at radius 3 is 2.17 bits per heavy atom. The predicted octanol–water partition coefficient (Wildman–Crippen LogP) is 5.38. The van der Waals surface area contributed by atoms with Crippen LogP contribution in [0.25, 0.3) is 10.8 Å². The SMILES string of the molecule is CS(=O)(=O)c1cc([N+](=O)[O-])ccc1/N=N/c1cc(Cl)c(O)c2cccc(NS(=O)(=O)c3cccc(S(=O)(=O)F)c3)c12. The van der Waals surface area contributed by atoms with Crippen LogP contribution in [0.5, 0.6) is 5.75 Å². The maximum absolute atomic E-state index is 13.5. The summed E-state index contributed by atoms with van der Waals surface area (Å²) < 4.78 is 89.0. The van der Waals surface area contributed by atoms with Crippen LogP contribution in [0.2, 0.25) is 5.02 Å². The summed E-state index contributed by atoms with van der Waals surface area (Å²) >= 11 is 6.12. The van der Waals surface area contributed by atoms with E-state index in [9.17, 15) is 44.4 Å². The molecular weight excluding hydrogens is 627 g/mol. The fraction of sp³-hybridized carbons (Fsp3) is 0.0435. The summed E-state index contributed by atoms with van der Waals surface area (Å²) in [6.07, 6.45) is 0.813. The molecular formula is C23H16ClFN4O9S3. The summed E-state index contributed by atoms with van der Waals surface area (Å²) in [4.78, 5) is 8.34. The summed E-state index contributed by atoms with van der Waals surface area (Å²) in [6.45, 7) is 0. The van der Waals surface area contributed by atoms with Gasteiger partial charge in [-0.2, -0.15) is 8.42 Å². The number of anilines is 1. The molecule has 41 heavy (non-hydrogen) atoms. The first kappa shape index (κ1) is 29.8. The quantitative estimate of drug-likeness (QED) is 0.109. The highest BCUT2D eigenvalue weighted by molar-refractivity contribution is 7.93. The maximum Gasteiger partial charge on any atom is 0.332 e. The van der Waals surface area contributed by atoms with E-state index in [0.717, 1.165) is 48.7 Å². The van der Waals surface area contributed by atoms with Crippen LogP contribution in [-0.4, -0.2) is 41.5 Å². The fourth-order valence-electron chi connectivity index (χ4n) is 3.68. The van der Waals surface area contributed by atoms with Gasteiger partial charge < -0.3 is 5.11 Å². The van der Waals surface area contributed by atoms with Crippen LogP contribution in [0.3, 0.4) is 0 Å². The Morgan fingerprint density at radius 2 is 1.54 bits per heavy atom. The van der Waals surface area contributed by atoms with Crippen molar-refractivity contribution in [1.82, 2.24) is 0 Å². The lowest BCUT2D eigenvalue weighted by Gasteiger charge is -2.14. The van der Waals surface area contributed by atoms with Gasteiger partial charge in [-0.1, -0.05) is 29.8 Å². The number of rotatable bonds is 8. The number of nitro benzene ring substituents is 1. The monoisotopic (exact) mass is 642 g/mol. The lowest BCUT2D eigenvalue weighted by Crippen LogP contribution is -2.13. The molecule has 4 rings (SSSR count). The molecule has 18 heteroatoms. The van der Waals surface area contributed by atoms with E-state index in [1.165, 1.54) is 18.2 Å². The first-order valence-corrected chi connectivity index (χ1v) is 16.0. The van der Waals surface area contributed by atoms with Crippen LogP contribution in [0, 0.1) is 10.1 Å². The molecule has 2 N–H and O–H groups in total. The van der Waals surface area contributed by atoms with Crippen LogP contribution < -0.4 is 4.72 Å². The highest BCUT2D eigenvalue weighted by Crippen LogP contribution is 2.43. The lowest BCUT2D eigenvalue weighted by molar-refractivity contribution is -0.385. The largest absolute Gasteiger partial charge is 0.506 e. The van der Waals surface area contributed by atoms with Crippen molar-refractivity contribution < 1.29 is 39.2 Å². The molecule has 0 saturated carbocycles. The lowest BCUT2D eigenvalue weighted by atomic mass is 10.1. The predicted molar refractivity (Wildman–Crippen MR) is 147 cm³/mol. The summed E-state index contributed by atoms with van der Waals surface area (Å²) in [5.41, 5.74) is -1.13. The molecule has 0 saturated heterocycles. The molecule has 0 atom stereocenters. The average Bonchev–Trinajstić information content (AvgIpc) is 2.88. The van der Waals surface area contributed by atoms with Crippen molar-refractivity contribution in [3.63, 3.8) is 0 Å². The van der Waals surface area contributed by atoms with E-state index in [1.807, 2.05) is 0 Å². The van der Waals surface area contributed by atoms with Crippen LogP contribution in [0.15, 0.2) is 91.6 Å². The molecule has 0 fully saturated rings. The average molecular weight is 643 g/mol. The van der Waals surface area contributed by atoms with Crippen molar-refractivity contribution in [1.29, 1.82) is 0 Å². The molecule has 0 radical (unpaired) electrons. The Bertz CT molecular complexity index is 2100. The normalized spacial score (nSPS) is 12.6. The highest BCUT2D eigenvalue weighted by Gasteiger charge is 2.23. The molecule has 0 aliphatic carbocycles. The van der Waals surface area contributed by atoms with E-state index in [4.69, 9.17) is 11.6 Å². The highest BCUT2D eigenvalue weighted by atomic mass is 35.5. The Balaban J connectivity index is 1.89. The van der Waals surface area contributed by atoms with Gasteiger partial charge in [-0.05, 0) is 36.4 Å². The Labute approximate surface area is 237 Å². The van der Waals surface area contributed by atoms with Crippen molar-refractivity contribution in [2.45, 2.75) is 14.7 Å². The van der Waals surface area contributed by atoms with E-state index < -0.39 is 61.1 Å². The molecule has 0 aliphatic heterocycles. The van der Waals surface area contributed by atoms with Crippen molar-refractivity contribution in [2.24, 2.45) is 10.2 Å². The molecule has 0 aromatic heterocycles. The number of nitro groups is 1. The number of benzene rings is 4. The molecule has 0 amide bonds. The van der Waals surface area contributed by atoms with Gasteiger partial charge in [-0.3, -0.25) is 14.8 Å². The second-order valence-electron chi connectivity index (χ2n) is 8.35. The number of nitrogens with zero attached hydrogens (tertiary/aromatic N) is 3. The summed E-state index contributed by atoms with van der Waals surface area (Å²) in [5.74, 6) is -0.459. The zero-order valence-electron chi connectivity index (χ0n) is 20.4. The van der Waals surface area contributed by atoms with E-state index in [-0.39, 0.29) is 32.9 Å². The topological polar surface area (TPSA) is 203 Å². The van der Waals surface area contributed by atoms with Gasteiger partial charge >= 0.3 is 10.2 Å². The molecule has 0 spiro atoms. The third-order valence-corrected chi connectivity index (χ3v) is 9.12. The van der Waals surface area contributed by atoms with Crippen LogP contribution >= 0.6 is 11.6 Å². The van der Waals surface area contributed by atoms with Gasteiger partial charge in [0.1, 0.15) is 16.3 Å². The van der Waals surface area contributed by atoms with Crippen molar-refractivity contribution >= 4 is 75.2 Å².